The molecule has 3 heterocycles. The number of amides is 1. The van der Waals surface area contributed by atoms with E-state index in [4.69, 9.17) is 0 Å². The first-order valence-corrected chi connectivity index (χ1v) is 11.2. The summed E-state index contributed by atoms with van der Waals surface area (Å²) in [5, 5.41) is 5.94. The van der Waals surface area contributed by atoms with Gasteiger partial charge in [0.05, 0.1) is 23.0 Å². The van der Waals surface area contributed by atoms with E-state index in [2.05, 4.69) is 20.5 Å². The zero-order valence-electron chi connectivity index (χ0n) is 14.2. The van der Waals surface area contributed by atoms with Crippen LogP contribution in [0.15, 0.2) is 11.1 Å². The van der Waals surface area contributed by atoms with Gasteiger partial charge in [0.2, 0.25) is 15.9 Å². The van der Waals surface area contributed by atoms with Gasteiger partial charge in [0.25, 0.3) is 0 Å². The molecule has 3 aliphatic rings. The van der Waals surface area contributed by atoms with Gasteiger partial charge in [-0.1, -0.05) is 11.8 Å². The molecule has 0 bridgehead atoms. The molecule has 2 N–H and O–H groups in total. The lowest BCUT2D eigenvalue weighted by atomic mass is 10.3. The van der Waals surface area contributed by atoms with Crippen LogP contribution in [-0.2, 0) is 14.8 Å². The van der Waals surface area contributed by atoms with E-state index in [0.717, 1.165) is 19.0 Å². The van der Waals surface area contributed by atoms with E-state index in [-0.39, 0.29) is 17.3 Å². The third kappa shape index (κ3) is 3.53. The molecule has 26 heavy (non-hydrogen) atoms. The number of carbonyl (C=O) groups is 1. The molecule has 0 radical (unpaired) electrons. The summed E-state index contributed by atoms with van der Waals surface area (Å²) in [6.07, 6.45) is 4.08. The number of anilines is 2. The molecule has 11 heteroatoms. The molecule has 1 aromatic rings. The summed E-state index contributed by atoms with van der Waals surface area (Å²) in [4.78, 5) is 18.7. The summed E-state index contributed by atoms with van der Waals surface area (Å²) in [6.45, 7) is 1.90. The molecule has 8 nitrogen and oxygen atoms in total. The van der Waals surface area contributed by atoms with Gasteiger partial charge in [-0.3, -0.25) is 9.69 Å². The molecule has 1 unspecified atom stereocenters. The Hall–Kier alpha value is -1.43. The maximum atomic E-state index is 14.2. The first kappa shape index (κ1) is 18.0. The van der Waals surface area contributed by atoms with Crippen molar-refractivity contribution in [1.82, 2.24) is 14.2 Å². The zero-order valence-corrected chi connectivity index (χ0v) is 15.9. The van der Waals surface area contributed by atoms with Crippen LogP contribution in [0.25, 0.3) is 0 Å². The van der Waals surface area contributed by atoms with E-state index < -0.39 is 15.8 Å². The number of pyridine rings is 1. The predicted molar refractivity (Wildman–Crippen MR) is 96.8 cm³/mol. The Morgan fingerprint density at radius 2 is 2.04 bits per heavy atom. The first-order chi connectivity index (χ1) is 12.3. The number of piperazine rings is 1. The highest BCUT2D eigenvalue weighted by molar-refractivity contribution is 8.00. The second-order valence-electron chi connectivity index (χ2n) is 6.73. The fourth-order valence-corrected chi connectivity index (χ4v) is 5.15. The number of aromatic nitrogens is 1. The number of fused-ring (bicyclic) bond motifs is 1. The van der Waals surface area contributed by atoms with Crippen molar-refractivity contribution >= 4 is 39.2 Å². The van der Waals surface area contributed by atoms with Crippen LogP contribution in [0.1, 0.15) is 12.8 Å². The molecular formula is C15H20FN5O3S2. The largest absolute Gasteiger partial charge is 0.357 e. The fourth-order valence-electron chi connectivity index (χ4n) is 3.07. The van der Waals surface area contributed by atoms with E-state index in [1.165, 1.54) is 22.3 Å². The quantitative estimate of drug-likeness (QED) is 0.776. The normalized spacial score (nSPS) is 24.2. The lowest BCUT2D eigenvalue weighted by molar-refractivity contribution is -0.117. The van der Waals surface area contributed by atoms with Gasteiger partial charge in [0, 0.05) is 32.1 Å². The average molecular weight is 401 g/mol. The Morgan fingerprint density at radius 3 is 2.65 bits per heavy atom. The Labute approximate surface area is 155 Å². The smallest absolute Gasteiger partial charge is 0.228 e. The van der Waals surface area contributed by atoms with Crippen molar-refractivity contribution in [3.63, 3.8) is 0 Å². The van der Waals surface area contributed by atoms with Crippen molar-refractivity contribution < 1.29 is 17.6 Å². The SMILES string of the molecule is CS(=O)(=O)N1CCN(C2Nc3c(F)cnc(NC(=O)C4CC4)c3S2)CC1. The minimum Gasteiger partial charge on any atom is -0.357 e. The minimum absolute atomic E-state index is 0.0386. The molecule has 0 aromatic carbocycles. The number of hydrogen-bond donors (Lipinski definition) is 2. The van der Waals surface area contributed by atoms with Gasteiger partial charge in [-0.15, -0.1) is 0 Å². The van der Waals surface area contributed by atoms with Gasteiger partial charge in [-0.2, -0.15) is 4.31 Å². The monoisotopic (exact) mass is 401 g/mol. The van der Waals surface area contributed by atoms with Crippen molar-refractivity contribution in [2.45, 2.75) is 23.2 Å². The maximum Gasteiger partial charge on any atom is 0.228 e. The van der Waals surface area contributed by atoms with Gasteiger partial charge in [-0.25, -0.2) is 17.8 Å². The number of sulfonamides is 1. The lowest BCUT2D eigenvalue weighted by Gasteiger charge is -2.36. The number of thioether (sulfide) groups is 1. The lowest BCUT2D eigenvalue weighted by Crippen LogP contribution is -2.52. The molecule has 2 fully saturated rings. The zero-order chi connectivity index (χ0) is 18.5. The predicted octanol–water partition coefficient (Wildman–Crippen LogP) is 0.948. The van der Waals surface area contributed by atoms with Crippen LogP contribution in [0.4, 0.5) is 15.9 Å². The van der Waals surface area contributed by atoms with Crippen LogP contribution in [0.5, 0.6) is 0 Å². The summed E-state index contributed by atoms with van der Waals surface area (Å²) >= 11 is 1.40. The number of nitrogens with zero attached hydrogens (tertiary/aromatic N) is 3. The second-order valence-corrected chi connectivity index (χ2v) is 9.81. The standard InChI is InChI=1S/C15H20FN5O3S2/c1-26(23,24)21-6-4-20(5-7-21)15-18-11-10(16)8-17-13(12(11)25-15)19-14(22)9-2-3-9/h8-9,15,18H,2-7H2,1H3,(H,17,19,22). The van der Waals surface area contributed by atoms with Crippen molar-refractivity contribution in [3.05, 3.63) is 12.0 Å². The molecule has 1 amide bonds. The Kier molecular flexibility index (Phi) is 4.58. The Bertz CT molecular complexity index is 838. The highest BCUT2D eigenvalue weighted by Crippen LogP contribution is 2.45. The highest BCUT2D eigenvalue weighted by atomic mass is 32.2. The fraction of sp³-hybridized carbons (Fsp3) is 0.600. The Morgan fingerprint density at radius 1 is 1.35 bits per heavy atom. The molecule has 0 spiro atoms. The van der Waals surface area contributed by atoms with Gasteiger partial charge >= 0.3 is 0 Å². The highest BCUT2D eigenvalue weighted by Gasteiger charge is 2.36. The van der Waals surface area contributed by atoms with Gasteiger partial charge in [0.1, 0.15) is 11.3 Å². The molecular weight excluding hydrogens is 381 g/mol. The topological polar surface area (TPSA) is 94.6 Å². The Balaban J connectivity index is 1.46. The van der Waals surface area contributed by atoms with Crippen molar-refractivity contribution in [3.8, 4) is 0 Å². The summed E-state index contributed by atoms with van der Waals surface area (Å²) in [5.41, 5.74) is 0.119. The van der Waals surface area contributed by atoms with Crippen molar-refractivity contribution in [2.75, 3.05) is 43.1 Å². The number of carbonyl (C=O) groups excluding carboxylic acids is 1. The summed E-state index contributed by atoms with van der Waals surface area (Å²) in [6, 6.07) is 0. The van der Waals surface area contributed by atoms with Crippen LogP contribution in [-0.4, -0.2) is 66.4 Å². The van der Waals surface area contributed by atoms with Crippen LogP contribution >= 0.6 is 11.8 Å². The van der Waals surface area contributed by atoms with Gasteiger partial charge < -0.3 is 10.6 Å². The molecule has 2 aliphatic heterocycles. The molecule has 4 rings (SSSR count). The average Bonchev–Trinajstić information content (AvgIpc) is 3.35. The van der Waals surface area contributed by atoms with E-state index in [1.54, 1.807) is 0 Å². The molecule has 142 valence electrons. The van der Waals surface area contributed by atoms with Crippen LogP contribution in [0, 0.1) is 11.7 Å². The van der Waals surface area contributed by atoms with Gasteiger partial charge in [-0.05, 0) is 12.8 Å². The summed E-state index contributed by atoms with van der Waals surface area (Å²) in [7, 11) is -3.19. The molecule has 1 saturated carbocycles. The van der Waals surface area contributed by atoms with E-state index in [1.807, 2.05) is 0 Å². The van der Waals surface area contributed by atoms with Crippen LogP contribution < -0.4 is 10.6 Å². The van der Waals surface area contributed by atoms with Crippen molar-refractivity contribution in [2.24, 2.45) is 5.92 Å². The molecule has 1 saturated heterocycles. The number of rotatable bonds is 4. The van der Waals surface area contributed by atoms with Gasteiger partial charge in [0.15, 0.2) is 5.82 Å². The summed E-state index contributed by atoms with van der Waals surface area (Å²) in [5.74, 6) is -0.115. The van der Waals surface area contributed by atoms with Crippen molar-refractivity contribution in [1.29, 1.82) is 0 Å². The second kappa shape index (κ2) is 6.63. The molecule has 1 atom stereocenters. The third-order valence-electron chi connectivity index (χ3n) is 4.75. The van der Waals surface area contributed by atoms with E-state index in [0.29, 0.717) is 42.6 Å². The minimum atomic E-state index is -3.19. The van der Waals surface area contributed by atoms with E-state index in [9.17, 15) is 17.6 Å². The van der Waals surface area contributed by atoms with Crippen LogP contribution in [0.2, 0.25) is 0 Å². The summed E-state index contributed by atoms with van der Waals surface area (Å²) < 4.78 is 38.9. The first-order valence-electron chi connectivity index (χ1n) is 8.44. The number of nitrogens with one attached hydrogen (secondary N) is 2. The third-order valence-corrected chi connectivity index (χ3v) is 7.32. The van der Waals surface area contributed by atoms with Crippen LogP contribution in [0.3, 0.4) is 0 Å². The molecule has 1 aromatic heterocycles. The van der Waals surface area contributed by atoms with E-state index >= 15 is 0 Å². The molecule has 1 aliphatic carbocycles. The number of hydrogen-bond acceptors (Lipinski definition) is 7. The maximum absolute atomic E-state index is 14.2. The number of halogens is 1.